The third kappa shape index (κ3) is 4.51. The molecule has 0 amide bonds. The molecule has 1 aliphatic rings. The van der Waals surface area contributed by atoms with Crippen LogP contribution in [0, 0.1) is 0 Å². The summed E-state index contributed by atoms with van der Waals surface area (Å²) in [5.41, 5.74) is 1.29. The van der Waals surface area contributed by atoms with Crippen LogP contribution in [-0.4, -0.2) is 28.1 Å². The smallest absolute Gasteiger partial charge is 0.183 e. The Morgan fingerprint density at radius 3 is 2.85 bits per heavy atom. The van der Waals surface area contributed by atoms with Crippen molar-refractivity contribution in [3.05, 3.63) is 23.8 Å². The van der Waals surface area contributed by atoms with Crippen molar-refractivity contribution < 1.29 is 13.3 Å². The molecule has 1 unspecified atom stereocenters. The Hall–Kier alpha value is -0.493. The van der Waals surface area contributed by atoms with Crippen LogP contribution in [-0.2, 0) is 15.0 Å². The molecule has 0 saturated carbocycles. The van der Waals surface area contributed by atoms with E-state index in [4.69, 9.17) is 13.3 Å². The van der Waals surface area contributed by atoms with Crippen molar-refractivity contribution in [1.82, 2.24) is 0 Å². The monoisotopic (exact) mass is 312 g/mol. The Labute approximate surface area is 127 Å². The van der Waals surface area contributed by atoms with Gasteiger partial charge in [0.05, 0.1) is 12.0 Å². The van der Waals surface area contributed by atoms with Gasteiger partial charge in [-0.1, -0.05) is 12.1 Å². The number of rotatable bonds is 6. The van der Waals surface area contributed by atoms with Crippen molar-refractivity contribution in [3.63, 3.8) is 0 Å². The van der Waals surface area contributed by atoms with Gasteiger partial charge in [0.2, 0.25) is 0 Å². The number of ether oxygens (including phenoxy) is 1. The Balaban J connectivity index is 1.95. The molecular weight excluding hydrogens is 288 g/mol. The molecule has 0 spiro atoms. The van der Waals surface area contributed by atoms with Gasteiger partial charge in [0, 0.05) is 25.1 Å². The normalized spacial score (nSPS) is 18.5. The van der Waals surface area contributed by atoms with Crippen LogP contribution >= 0.6 is 12.0 Å². The van der Waals surface area contributed by atoms with Gasteiger partial charge < -0.3 is 13.3 Å². The molecule has 0 aliphatic carbocycles. The van der Waals surface area contributed by atoms with Gasteiger partial charge in [-0.25, -0.2) is 0 Å². The van der Waals surface area contributed by atoms with Crippen molar-refractivity contribution in [2.45, 2.75) is 49.9 Å². The van der Waals surface area contributed by atoms with E-state index in [1.54, 1.807) is 7.11 Å². The predicted molar refractivity (Wildman–Crippen MR) is 86.0 cm³/mol. The fourth-order valence-electron chi connectivity index (χ4n) is 2.29. The summed E-state index contributed by atoms with van der Waals surface area (Å²) in [6.45, 7) is 7.46. The van der Waals surface area contributed by atoms with E-state index in [0.29, 0.717) is 0 Å². The lowest BCUT2D eigenvalue weighted by Gasteiger charge is -2.28. The lowest BCUT2D eigenvalue weighted by atomic mass is 10.0. The average Bonchev–Trinajstić information content (AvgIpc) is 2.38. The lowest BCUT2D eigenvalue weighted by molar-refractivity contribution is 0.134. The summed E-state index contributed by atoms with van der Waals surface area (Å²) in [4.78, 5) is 1.07. The molecule has 1 heterocycles. The van der Waals surface area contributed by atoms with Crippen LogP contribution in [0.2, 0.25) is 19.6 Å². The van der Waals surface area contributed by atoms with E-state index < -0.39 is 8.32 Å². The van der Waals surface area contributed by atoms with Gasteiger partial charge in [0.25, 0.3) is 0 Å². The first kappa shape index (κ1) is 15.9. The van der Waals surface area contributed by atoms with Crippen LogP contribution < -0.4 is 4.74 Å². The molecule has 2 rings (SSSR count). The summed E-state index contributed by atoms with van der Waals surface area (Å²) < 4.78 is 17.3. The quantitative estimate of drug-likeness (QED) is 0.579. The van der Waals surface area contributed by atoms with E-state index in [0.717, 1.165) is 36.5 Å². The second-order valence-corrected chi connectivity index (χ2v) is 11.5. The number of aryl methyl sites for hydroxylation is 1. The number of para-hydroxylation sites is 1. The van der Waals surface area contributed by atoms with Crippen molar-refractivity contribution in [3.8, 4) is 5.75 Å². The zero-order valence-electron chi connectivity index (χ0n) is 12.8. The fraction of sp³-hybridized carbons (Fsp3) is 0.600. The van der Waals surface area contributed by atoms with E-state index in [9.17, 15) is 0 Å². The largest absolute Gasteiger partial charge is 0.489 e. The maximum atomic E-state index is 6.16. The molecule has 0 saturated heterocycles. The Morgan fingerprint density at radius 2 is 2.15 bits per heavy atom. The highest BCUT2D eigenvalue weighted by Crippen LogP contribution is 2.37. The van der Waals surface area contributed by atoms with Gasteiger partial charge in [-0.15, -0.1) is 0 Å². The highest BCUT2D eigenvalue weighted by Gasteiger charge is 2.23. The Kier molecular flexibility index (Phi) is 5.54. The third-order valence-electron chi connectivity index (χ3n) is 3.23. The molecule has 0 fully saturated rings. The van der Waals surface area contributed by atoms with Crippen LogP contribution in [0.5, 0.6) is 5.75 Å². The van der Waals surface area contributed by atoms with Crippen molar-refractivity contribution >= 4 is 20.4 Å². The molecule has 3 nitrogen and oxygen atoms in total. The molecule has 1 atom stereocenters. The first-order valence-corrected chi connectivity index (χ1v) is 11.3. The van der Waals surface area contributed by atoms with E-state index >= 15 is 0 Å². The van der Waals surface area contributed by atoms with E-state index in [-0.39, 0.29) is 6.10 Å². The van der Waals surface area contributed by atoms with Crippen molar-refractivity contribution in [1.29, 1.82) is 0 Å². The Morgan fingerprint density at radius 1 is 1.35 bits per heavy atom. The first-order chi connectivity index (χ1) is 9.49. The highest BCUT2D eigenvalue weighted by molar-refractivity contribution is 7.94. The van der Waals surface area contributed by atoms with Crippen molar-refractivity contribution in [2.75, 3.05) is 13.7 Å². The predicted octanol–water partition coefficient (Wildman–Crippen LogP) is 4.28. The zero-order valence-corrected chi connectivity index (χ0v) is 14.6. The van der Waals surface area contributed by atoms with Gasteiger partial charge in [0.1, 0.15) is 11.9 Å². The summed E-state index contributed by atoms with van der Waals surface area (Å²) >= 11 is 1.37. The zero-order chi connectivity index (χ0) is 14.6. The minimum absolute atomic E-state index is 0.262. The maximum Gasteiger partial charge on any atom is 0.183 e. The molecule has 20 heavy (non-hydrogen) atoms. The second kappa shape index (κ2) is 6.98. The number of benzene rings is 1. The molecule has 0 bridgehead atoms. The minimum Gasteiger partial charge on any atom is -0.489 e. The molecule has 1 aliphatic heterocycles. The number of hydrogen-bond donors (Lipinski definition) is 0. The SMILES string of the molecule is COSc1cccc2c1OC(CCO[Si](C)(C)C)CC2. The summed E-state index contributed by atoms with van der Waals surface area (Å²) in [6.07, 6.45) is 3.38. The topological polar surface area (TPSA) is 27.7 Å². The van der Waals surface area contributed by atoms with Gasteiger partial charge in [-0.05, 0) is 44.1 Å². The molecular formula is C15H24O3SSi. The average molecular weight is 313 g/mol. The molecule has 112 valence electrons. The molecule has 1 aromatic rings. The van der Waals surface area contributed by atoms with Gasteiger partial charge in [0.15, 0.2) is 8.32 Å². The number of hydrogen-bond acceptors (Lipinski definition) is 4. The van der Waals surface area contributed by atoms with Gasteiger partial charge in [-0.3, -0.25) is 0 Å². The van der Waals surface area contributed by atoms with Crippen LogP contribution in [0.3, 0.4) is 0 Å². The molecule has 1 aromatic carbocycles. The maximum absolute atomic E-state index is 6.16. The van der Waals surface area contributed by atoms with E-state index in [1.807, 2.05) is 6.07 Å². The second-order valence-electron chi connectivity index (χ2n) is 6.02. The Bertz CT molecular complexity index is 445. The number of fused-ring (bicyclic) bond motifs is 1. The van der Waals surface area contributed by atoms with E-state index in [1.165, 1.54) is 17.6 Å². The molecule has 0 radical (unpaired) electrons. The van der Waals surface area contributed by atoms with Crippen LogP contribution in [0.4, 0.5) is 0 Å². The van der Waals surface area contributed by atoms with Crippen LogP contribution in [0.1, 0.15) is 18.4 Å². The van der Waals surface area contributed by atoms with E-state index in [2.05, 4.69) is 31.8 Å². The third-order valence-corrected chi connectivity index (χ3v) is 4.97. The minimum atomic E-state index is -1.42. The summed E-state index contributed by atoms with van der Waals surface area (Å²) in [5, 5.41) is 0. The van der Waals surface area contributed by atoms with Gasteiger partial charge >= 0.3 is 0 Å². The van der Waals surface area contributed by atoms with Crippen molar-refractivity contribution in [2.24, 2.45) is 0 Å². The molecule has 0 N–H and O–H groups in total. The fourth-order valence-corrected chi connectivity index (χ4v) is 3.59. The van der Waals surface area contributed by atoms with Crippen LogP contribution in [0.25, 0.3) is 0 Å². The van der Waals surface area contributed by atoms with Crippen LogP contribution in [0.15, 0.2) is 23.1 Å². The summed E-state index contributed by atoms with van der Waals surface area (Å²) in [6, 6.07) is 6.26. The summed E-state index contributed by atoms with van der Waals surface area (Å²) in [5.74, 6) is 1.00. The van der Waals surface area contributed by atoms with Gasteiger partial charge in [-0.2, -0.15) is 0 Å². The lowest BCUT2D eigenvalue weighted by Crippen LogP contribution is -2.30. The first-order valence-electron chi connectivity index (χ1n) is 7.13. The highest BCUT2D eigenvalue weighted by atomic mass is 32.2. The molecule has 0 aromatic heterocycles. The molecule has 5 heteroatoms. The standard InChI is InChI=1S/C15H24O3SSi/c1-16-19-14-7-5-6-12-8-9-13(18-15(12)14)10-11-17-20(2,3)4/h5-7,13H,8-11H2,1-4H3. The summed E-state index contributed by atoms with van der Waals surface area (Å²) in [7, 11) is 0.270.